The van der Waals surface area contributed by atoms with Gasteiger partial charge in [-0.05, 0) is 37.1 Å². The van der Waals surface area contributed by atoms with E-state index in [0.717, 1.165) is 37.1 Å². The molecule has 3 heterocycles. The fourth-order valence-corrected chi connectivity index (χ4v) is 3.84. The molecule has 1 aliphatic rings. The predicted molar refractivity (Wildman–Crippen MR) is 100 cm³/mol. The highest BCUT2D eigenvalue weighted by Crippen LogP contribution is 2.25. The highest BCUT2D eigenvalue weighted by molar-refractivity contribution is 7.14. The van der Waals surface area contributed by atoms with E-state index in [0.29, 0.717) is 17.4 Å². The van der Waals surface area contributed by atoms with E-state index in [1.54, 1.807) is 22.1 Å². The average molecular weight is 387 g/mol. The number of nitrogens with one attached hydrogen (secondary N) is 1. The minimum absolute atomic E-state index is 0.149. The summed E-state index contributed by atoms with van der Waals surface area (Å²) in [6.45, 7) is 0.508. The van der Waals surface area contributed by atoms with Crippen LogP contribution in [-0.2, 0) is 24.3 Å². The molecule has 9 heteroatoms. The van der Waals surface area contributed by atoms with E-state index in [1.165, 1.54) is 28.2 Å². The van der Waals surface area contributed by atoms with Crippen molar-refractivity contribution in [3.8, 4) is 11.3 Å². The molecule has 0 saturated carbocycles. The predicted octanol–water partition coefficient (Wildman–Crippen LogP) is 2.67. The highest BCUT2D eigenvalue weighted by atomic mass is 32.1. The molecule has 0 bridgehead atoms. The van der Waals surface area contributed by atoms with Gasteiger partial charge in [0.05, 0.1) is 5.69 Å². The molecule has 27 heavy (non-hydrogen) atoms. The second-order valence-electron chi connectivity index (χ2n) is 6.41. The van der Waals surface area contributed by atoms with Crippen LogP contribution in [0.15, 0.2) is 34.4 Å². The largest absolute Gasteiger partial charge is 0.346 e. The molecule has 0 atom stereocenters. The Hall–Kier alpha value is -2.81. The van der Waals surface area contributed by atoms with Crippen molar-refractivity contribution in [2.75, 3.05) is 5.32 Å². The summed E-state index contributed by atoms with van der Waals surface area (Å²) >= 11 is 1.27. The third-order valence-corrected chi connectivity index (χ3v) is 5.22. The minimum atomic E-state index is -0.356. The van der Waals surface area contributed by atoms with Gasteiger partial charge in [0.15, 0.2) is 5.13 Å². The standard InChI is InChI=1S/C18H18FN5O2S/c19-13-7-5-12(6-8-13)14-11-27-17(20-14)21-16(25)10-24-18(26)23-9-3-1-2-4-15(23)22-24/h5-8,11H,1-4,9-10H2,(H,20,21,25). The Morgan fingerprint density at radius 1 is 1.22 bits per heavy atom. The number of benzene rings is 1. The van der Waals surface area contributed by atoms with E-state index in [2.05, 4.69) is 15.4 Å². The van der Waals surface area contributed by atoms with Crippen LogP contribution in [0.2, 0.25) is 0 Å². The van der Waals surface area contributed by atoms with Crippen molar-refractivity contribution in [2.45, 2.75) is 38.8 Å². The van der Waals surface area contributed by atoms with Crippen molar-refractivity contribution in [2.24, 2.45) is 0 Å². The normalized spacial score (nSPS) is 13.8. The van der Waals surface area contributed by atoms with Gasteiger partial charge in [0.25, 0.3) is 0 Å². The summed E-state index contributed by atoms with van der Waals surface area (Å²) in [4.78, 5) is 29.1. The molecule has 0 radical (unpaired) electrons. The summed E-state index contributed by atoms with van der Waals surface area (Å²) < 4.78 is 15.9. The van der Waals surface area contributed by atoms with Crippen LogP contribution in [0.4, 0.5) is 9.52 Å². The molecule has 1 N–H and O–H groups in total. The van der Waals surface area contributed by atoms with Gasteiger partial charge in [-0.2, -0.15) is 5.10 Å². The van der Waals surface area contributed by atoms with Crippen molar-refractivity contribution in [1.29, 1.82) is 0 Å². The van der Waals surface area contributed by atoms with Gasteiger partial charge in [-0.1, -0.05) is 6.42 Å². The topological polar surface area (TPSA) is 81.8 Å². The Morgan fingerprint density at radius 3 is 2.85 bits per heavy atom. The van der Waals surface area contributed by atoms with Gasteiger partial charge < -0.3 is 5.32 Å². The molecule has 1 aromatic carbocycles. The Kier molecular flexibility index (Phi) is 4.85. The van der Waals surface area contributed by atoms with E-state index >= 15 is 0 Å². The number of halogens is 1. The quantitative estimate of drug-likeness (QED) is 0.746. The first-order valence-electron chi connectivity index (χ1n) is 8.78. The number of aryl methyl sites for hydroxylation is 1. The first kappa shape index (κ1) is 17.6. The Bertz CT molecular complexity index is 1020. The number of nitrogens with zero attached hydrogens (tertiary/aromatic N) is 4. The van der Waals surface area contributed by atoms with Crippen molar-refractivity contribution in [1.82, 2.24) is 19.3 Å². The van der Waals surface area contributed by atoms with Gasteiger partial charge in [-0.15, -0.1) is 11.3 Å². The van der Waals surface area contributed by atoms with Crippen LogP contribution in [0.1, 0.15) is 25.1 Å². The third-order valence-electron chi connectivity index (χ3n) is 4.47. The lowest BCUT2D eigenvalue weighted by atomic mass is 10.2. The number of hydrogen-bond donors (Lipinski definition) is 1. The SMILES string of the molecule is O=C(Cn1nc2n(c1=O)CCCCC2)Nc1nc(-c2ccc(F)cc2)cs1. The first-order valence-corrected chi connectivity index (χ1v) is 9.66. The monoisotopic (exact) mass is 387 g/mol. The maximum Gasteiger partial charge on any atom is 0.346 e. The van der Waals surface area contributed by atoms with Gasteiger partial charge in [0.1, 0.15) is 18.2 Å². The lowest BCUT2D eigenvalue weighted by Gasteiger charge is -2.01. The number of carbonyl (C=O) groups excluding carboxylic acids is 1. The van der Waals surface area contributed by atoms with E-state index < -0.39 is 0 Å². The van der Waals surface area contributed by atoms with Crippen LogP contribution in [0.25, 0.3) is 11.3 Å². The fourth-order valence-electron chi connectivity index (χ4n) is 3.11. The fraction of sp³-hybridized carbons (Fsp3) is 0.333. The van der Waals surface area contributed by atoms with E-state index in [1.807, 2.05) is 0 Å². The molecule has 140 valence electrons. The summed E-state index contributed by atoms with van der Waals surface area (Å²) in [5.41, 5.74) is 1.18. The summed E-state index contributed by atoms with van der Waals surface area (Å²) in [6.07, 6.45) is 3.81. The van der Waals surface area contributed by atoms with E-state index in [4.69, 9.17) is 0 Å². The van der Waals surface area contributed by atoms with Crippen LogP contribution >= 0.6 is 11.3 Å². The number of carbonyl (C=O) groups is 1. The zero-order valence-corrected chi connectivity index (χ0v) is 15.3. The van der Waals surface area contributed by atoms with Crippen molar-refractivity contribution in [3.63, 3.8) is 0 Å². The lowest BCUT2D eigenvalue weighted by molar-refractivity contribution is -0.117. The second-order valence-corrected chi connectivity index (χ2v) is 7.27. The summed E-state index contributed by atoms with van der Waals surface area (Å²) in [7, 11) is 0. The van der Waals surface area contributed by atoms with Crippen LogP contribution in [-0.4, -0.2) is 25.2 Å². The van der Waals surface area contributed by atoms with Crippen LogP contribution in [0, 0.1) is 5.82 Å². The van der Waals surface area contributed by atoms with Crippen LogP contribution in [0.3, 0.4) is 0 Å². The van der Waals surface area contributed by atoms with Crippen LogP contribution < -0.4 is 11.0 Å². The molecular weight excluding hydrogens is 369 g/mol. The maximum absolute atomic E-state index is 13.0. The summed E-state index contributed by atoms with van der Waals surface area (Å²) in [5.74, 6) is 0.0786. The van der Waals surface area contributed by atoms with Gasteiger partial charge in [-0.25, -0.2) is 18.9 Å². The molecule has 1 aliphatic heterocycles. The number of rotatable bonds is 4. The zero-order chi connectivity index (χ0) is 18.8. The average Bonchev–Trinajstić information content (AvgIpc) is 3.13. The molecular formula is C18H18FN5O2S. The second kappa shape index (κ2) is 7.43. The lowest BCUT2D eigenvalue weighted by Crippen LogP contribution is -2.30. The molecule has 0 aliphatic carbocycles. The molecule has 3 aromatic rings. The van der Waals surface area contributed by atoms with E-state index in [9.17, 15) is 14.0 Å². The molecule has 7 nitrogen and oxygen atoms in total. The molecule has 0 fully saturated rings. The molecule has 0 saturated heterocycles. The Morgan fingerprint density at radius 2 is 2.04 bits per heavy atom. The smallest absolute Gasteiger partial charge is 0.300 e. The molecule has 0 spiro atoms. The van der Waals surface area contributed by atoms with Gasteiger partial charge in [0, 0.05) is 23.9 Å². The zero-order valence-electron chi connectivity index (χ0n) is 14.5. The highest BCUT2D eigenvalue weighted by Gasteiger charge is 2.17. The van der Waals surface area contributed by atoms with Gasteiger partial charge >= 0.3 is 5.69 Å². The Labute approximate surface area is 158 Å². The molecule has 2 aromatic heterocycles. The summed E-state index contributed by atoms with van der Waals surface area (Å²) in [5, 5.41) is 9.21. The number of amides is 1. The van der Waals surface area contributed by atoms with E-state index in [-0.39, 0.29) is 24.0 Å². The summed E-state index contributed by atoms with van der Waals surface area (Å²) in [6, 6.07) is 5.99. The van der Waals surface area contributed by atoms with Crippen molar-refractivity contribution >= 4 is 22.4 Å². The Balaban J connectivity index is 1.44. The van der Waals surface area contributed by atoms with Crippen molar-refractivity contribution in [3.05, 3.63) is 51.8 Å². The number of aromatic nitrogens is 4. The maximum atomic E-state index is 13.0. The molecule has 0 unspecified atom stereocenters. The first-order chi connectivity index (χ1) is 13.1. The van der Waals surface area contributed by atoms with Gasteiger partial charge in [-0.3, -0.25) is 9.36 Å². The number of anilines is 1. The number of fused-ring (bicyclic) bond motifs is 1. The van der Waals surface area contributed by atoms with Crippen LogP contribution in [0.5, 0.6) is 0 Å². The third kappa shape index (κ3) is 3.82. The molecule has 1 amide bonds. The molecule has 4 rings (SSSR count). The minimum Gasteiger partial charge on any atom is -0.300 e. The van der Waals surface area contributed by atoms with Gasteiger partial charge in [0.2, 0.25) is 5.91 Å². The number of hydrogen-bond acceptors (Lipinski definition) is 5. The number of thiazole rings is 1. The van der Waals surface area contributed by atoms with Crippen molar-refractivity contribution < 1.29 is 9.18 Å².